The lowest BCUT2D eigenvalue weighted by Gasteiger charge is -2.17. The number of hydrogen-bond acceptors (Lipinski definition) is 4. The number of ether oxygens (including phenoxy) is 1. The summed E-state index contributed by atoms with van der Waals surface area (Å²) < 4.78 is 5.25. The molecule has 126 valence electrons. The van der Waals surface area contributed by atoms with E-state index in [9.17, 15) is 9.59 Å². The molecule has 1 saturated heterocycles. The SMILES string of the molecule is O=C1CS[C@@H](C#Cc2ccc(Cl)cc2)N1C(=O)OCc1ccccc1. The zero-order valence-corrected chi connectivity index (χ0v) is 14.7. The zero-order chi connectivity index (χ0) is 17.6. The Morgan fingerprint density at radius 2 is 1.92 bits per heavy atom. The summed E-state index contributed by atoms with van der Waals surface area (Å²) in [6.45, 7) is 0.117. The van der Waals surface area contributed by atoms with Crippen LogP contribution in [0.3, 0.4) is 0 Å². The van der Waals surface area contributed by atoms with E-state index < -0.39 is 11.5 Å². The standard InChI is InChI=1S/C19H14ClNO3S/c20-16-9-6-14(7-10-16)8-11-18-21(17(22)13-25-18)19(23)24-12-15-4-2-1-3-5-15/h1-7,9-10,18H,12-13H2/t18-/m0/s1. The lowest BCUT2D eigenvalue weighted by atomic mass is 10.2. The van der Waals surface area contributed by atoms with Crippen LogP contribution >= 0.6 is 23.4 Å². The second-order valence-electron chi connectivity index (χ2n) is 5.24. The number of imide groups is 1. The molecule has 2 amide bonds. The molecule has 2 aromatic rings. The lowest BCUT2D eigenvalue weighted by Crippen LogP contribution is -2.38. The van der Waals surface area contributed by atoms with E-state index in [1.807, 2.05) is 30.3 Å². The summed E-state index contributed by atoms with van der Waals surface area (Å²) in [6, 6.07) is 16.4. The van der Waals surface area contributed by atoms with E-state index in [2.05, 4.69) is 11.8 Å². The molecule has 25 heavy (non-hydrogen) atoms. The highest BCUT2D eigenvalue weighted by molar-refractivity contribution is 8.01. The number of amides is 2. The predicted molar refractivity (Wildman–Crippen MR) is 98.0 cm³/mol. The van der Waals surface area contributed by atoms with Crippen molar-refractivity contribution in [2.45, 2.75) is 12.0 Å². The van der Waals surface area contributed by atoms with Gasteiger partial charge in [0.2, 0.25) is 5.91 Å². The number of halogens is 1. The molecule has 3 rings (SSSR count). The Morgan fingerprint density at radius 1 is 1.20 bits per heavy atom. The van der Waals surface area contributed by atoms with Crippen molar-refractivity contribution in [2.24, 2.45) is 0 Å². The highest BCUT2D eigenvalue weighted by Gasteiger charge is 2.36. The lowest BCUT2D eigenvalue weighted by molar-refractivity contribution is -0.125. The second kappa shape index (κ2) is 8.11. The van der Waals surface area contributed by atoms with Crippen molar-refractivity contribution in [2.75, 3.05) is 5.75 Å². The van der Waals surface area contributed by atoms with Crippen molar-refractivity contribution in [3.8, 4) is 11.8 Å². The van der Waals surface area contributed by atoms with E-state index >= 15 is 0 Å². The molecule has 1 fully saturated rings. The Morgan fingerprint density at radius 3 is 2.64 bits per heavy atom. The van der Waals surface area contributed by atoms with E-state index in [-0.39, 0.29) is 18.3 Å². The molecule has 2 aromatic carbocycles. The normalized spacial score (nSPS) is 16.3. The molecule has 0 unspecified atom stereocenters. The number of benzene rings is 2. The van der Waals surface area contributed by atoms with Gasteiger partial charge in [-0.05, 0) is 29.8 Å². The van der Waals surface area contributed by atoms with E-state index in [0.29, 0.717) is 5.02 Å². The first-order chi connectivity index (χ1) is 12.1. The van der Waals surface area contributed by atoms with Crippen LogP contribution in [-0.2, 0) is 16.1 Å². The topological polar surface area (TPSA) is 46.6 Å². The smallest absolute Gasteiger partial charge is 0.418 e. The maximum Gasteiger partial charge on any atom is 0.418 e. The summed E-state index contributed by atoms with van der Waals surface area (Å²) in [7, 11) is 0. The molecule has 0 radical (unpaired) electrons. The number of rotatable bonds is 2. The molecule has 0 bridgehead atoms. The summed E-state index contributed by atoms with van der Waals surface area (Å²) >= 11 is 7.15. The number of hydrogen-bond donors (Lipinski definition) is 0. The maximum atomic E-state index is 12.3. The zero-order valence-electron chi connectivity index (χ0n) is 13.1. The molecule has 0 saturated carbocycles. The number of carbonyl (C=O) groups excluding carboxylic acids is 2. The minimum atomic E-state index is -0.672. The Balaban J connectivity index is 1.67. The molecule has 0 spiro atoms. The average Bonchev–Trinajstić information content (AvgIpc) is 3.01. The van der Waals surface area contributed by atoms with Gasteiger partial charge in [-0.1, -0.05) is 53.8 Å². The molecule has 1 heterocycles. The fourth-order valence-electron chi connectivity index (χ4n) is 2.20. The van der Waals surface area contributed by atoms with E-state index in [0.717, 1.165) is 16.0 Å². The van der Waals surface area contributed by atoms with Gasteiger partial charge >= 0.3 is 6.09 Å². The van der Waals surface area contributed by atoms with Gasteiger partial charge in [0.1, 0.15) is 6.61 Å². The molecule has 0 aromatic heterocycles. The van der Waals surface area contributed by atoms with Crippen LogP contribution in [-0.4, -0.2) is 28.0 Å². The molecular weight excluding hydrogens is 358 g/mol. The van der Waals surface area contributed by atoms with Gasteiger partial charge in [-0.3, -0.25) is 4.79 Å². The van der Waals surface area contributed by atoms with E-state index in [1.165, 1.54) is 11.8 Å². The average molecular weight is 372 g/mol. The van der Waals surface area contributed by atoms with Gasteiger partial charge in [0.25, 0.3) is 0 Å². The van der Waals surface area contributed by atoms with E-state index in [1.54, 1.807) is 24.3 Å². The molecule has 6 heteroatoms. The predicted octanol–water partition coefficient (Wildman–Crippen LogP) is 3.93. The summed E-state index contributed by atoms with van der Waals surface area (Å²) in [5, 5.41) is 0.0773. The van der Waals surface area contributed by atoms with E-state index in [4.69, 9.17) is 16.3 Å². The third-order valence-corrected chi connectivity index (χ3v) is 4.76. The van der Waals surface area contributed by atoms with Crippen LogP contribution in [0, 0.1) is 11.8 Å². The Kier molecular flexibility index (Phi) is 5.64. The van der Waals surface area contributed by atoms with Crippen molar-refractivity contribution < 1.29 is 14.3 Å². The monoisotopic (exact) mass is 371 g/mol. The summed E-state index contributed by atoms with van der Waals surface area (Å²) in [6.07, 6.45) is -0.672. The van der Waals surface area contributed by atoms with Gasteiger partial charge in [-0.15, -0.1) is 11.8 Å². The fourth-order valence-corrected chi connectivity index (χ4v) is 3.26. The largest absolute Gasteiger partial charge is 0.444 e. The third kappa shape index (κ3) is 4.56. The third-order valence-electron chi connectivity index (χ3n) is 3.45. The minimum absolute atomic E-state index is 0.117. The molecule has 1 atom stereocenters. The van der Waals surface area contributed by atoms with Crippen LogP contribution in [0.5, 0.6) is 0 Å². The van der Waals surface area contributed by atoms with Gasteiger partial charge in [0.05, 0.1) is 5.75 Å². The molecule has 0 N–H and O–H groups in total. The first-order valence-electron chi connectivity index (χ1n) is 7.55. The highest BCUT2D eigenvalue weighted by atomic mass is 35.5. The summed E-state index contributed by atoms with van der Waals surface area (Å²) in [5.74, 6) is 5.83. The number of nitrogens with zero attached hydrogens (tertiary/aromatic N) is 1. The van der Waals surface area contributed by atoms with Crippen LogP contribution in [0.15, 0.2) is 54.6 Å². The first kappa shape index (κ1) is 17.4. The molecule has 4 nitrogen and oxygen atoms in total. The van der Waals surface area contributed by atoms with Crippen molar-refractivity contribution in [3.63, 3.8) is 0 Å². The summed E-state index contributed by atoms with van der Waals surface area (Å²) in [5.41, 5.74) is 1.63. The molecule has 1 aliphatic heterocycles. The molecular formula is C19H14ClNO3S. The molecule has 1 aliphatic rings. The fraction of sp³-hybridized carbons (Fsp3) is 0.158. The Bertz CT molecular complexity index is 827. The Labute approximate surface area is 155 Å². The van der Waals surface area contributed by atoms with Gasteiger partial charge < -0.3 is 4.74 Å². The molecule has 0 aliphatic carbocycles. The summed E-state index contributed by atoms with van der Waals surface area (Å²) in [4.78, 5) is 25.4. The minimum Gasteiger partial charge on any atom is -0.444 e. The van der Waals surface area contributed by atoms with Crippen LogP contribution in [0.4, 0.5) is 4.79 Å². The maximum absolute atomic E-state index is 12.3. The number of carbonyl (C=O) groups is 2. The first-order valence-corrected chi connectivity index (χ1v) is 8.97. The second-order valence-corrected chi connectivity index (χ2v) is 6.75. The van der Waals surface area contributed by atoms with Gasteiger partial charge in [0, 0.05) is 10.6 Å². The van der Waals surface area contributed by atoms with Gasteiger partial charge in [-0.2, -0.15) is 0 Å². The Hall–Kier alpha value is -2.42. The van der Waals surface area contributed by atoms with Crippen LogP contribution in [0.2, 0.25) is 5.02 Å². The highest BCUT2D eigenvalue weighted by Crippen LogP contribution is 2.25. The van der Waals surface area contributed by atoms with Crippen molar-refractivity contribution >= 4 is 35.4 Å². The van der Waals surface area contributed by atoms with Crippen LogP contribution in [0.1, 0.15) is 11.1 Å². The number of thioether (sulfide) groups is 1. The quantitative estimate of drug-likeness (QED) is 0.750. The van der Waals surface area contributed by atoms with Crippen molar-refractivity contribution in [3.05, 3.63) is 70.7 Å². The van der Waals surface area contributed by atoms with Gasteiger partial charge in [0.15, 0.2) is 5.37 Å². The van der Waals surface area contributed by atoms with Crippen molar-refractivity contribution in [1.29, 1.82) is 0 Å². The van der Waals surface area contributed by atoms with Crippen LogP contribution in [0.25, 0.3) is 0 Å². The van der Waals surface area contributed by atoms with Gasteiger partial charge in [-0.25, -0.2) is 9.69 Å². The van der Waals surface area contributed by atoms with Crippen LogP contribution < -0.4 is 0 Å². The van der Waals surface area contributed by atoms with Crippen molar-refractivity contribution in [1.82, 2.24) is 4.90 Å².